The molecule has 122 valence electrons. The van der Waals surface area contributed by atoms with Gasteiger partial charge in [0.25, 0.3) is 0 Å². The zero-order valence-electron chi connectivity index (χ0n) is 13.1. The van der Waals surface area contributed by atoms with Gasteiger partial charge >= 0.3 is 0 Å². The number of nitrogens with zero attached hydrogens (tertiary/aromatic N) is 1. The zero-order chi connectivity index (χ0) is 14.3. The maximum atomic E-state index is 11.9. The van der Waals surface area contributed by atoms with Crippen LogP contribution in [0.3, 0.4) is 0 Å². The van der Waals surface area contributed by atoms with E-state index in [2.05, 4.69) is 35.5 Å². The SMILES string of the molecule is CNCC(C)C(=O)NCC(c1cccnc1)C(C)C.Cl.Cl. The Morgan fingerprint density at radius 2 is 1.90 bits per heavy atom. The van der Waals surface area contributed by atoms with Crippen LogP contribution in [0.4, 0.5) is 0 Å². The molecule has 0 spiro atoms. The van der Waals surface area contributed by atoms with E-state index in [9.17, 15) is 4.79 Å². The lowest BCUT2D eigenvalue weighted by Crippen LogP contribution is -2.37. The Balaban J connectivity index is 0. The monoisotopic (exact) mass is 335 g/mol. The third-order valence-electron chi connectivity index (χ3n) is 3.37. The highest BCUT2D eigenvalue weighted by Gasteiger charge is 2.18. The van der Waals surface area contributed by atoms with Gasteiger partial charge in [0.15, 0.2) is 0 Å². The molecule has 4 nitrogen and oxygen atoms in total. The van der Waals surface area contributed by atoms with Crippen molar-refractivity contribution in [3.63, 3.8) is 0 Å². The van der Waals surface area contributed by atoms with E-state index in [0.717, 1.165) is 0 Å². The van der Waals surface area contributed by atoms with Crippen LogP contribution in [0.2, 0.25) is 0 Å². The van der Waals surface area contributed by atoms with Crippen LogP contribution >= 0.6 is 24.8 Å². The van der Waals surface area contributed by atoms with Crippen molar-refractivity contribution in [2.45, 2.75) is 26.7 Å². The van der Waals surface area contributed by atoms with Crippen molar-refractivity contribution >= 4 is 30.7 Å². The van der Waals surface area contributed by atoms with E-state index in [4.69, 9.17) is 0 Å². The van der Waals surface area contributed by atoms with E-state index in [0.29, 0.717) is 24.9 Å². The molecule has 1 amide bonds. The molecule has 0 aliphatic heterocycles. The predicted octanol–water partition coefficient (Wildman–Crippen LogP) is 2.64. The third-order valence-corrected chi connectivity index (χ3v) is 3.37. The van der Waals surface area contributed by atoms with E-state index in [1.165, 1.54) is 5.56 Å². The Morgan fingerprint density at radius 1 is 1.24 bits per heavy atom. The number of halogens is 2. The van der Waals surface area contributed by atoms with Gasteiger partial charge in [-0.15, -0.1) is 24.8 Å². The van der Waals surface area contributed by atoms with Crippen LogP contribution in [-0.2, 0) is 4.79 Å². The first-order valence-corrected chi connectivity index (χ1v) is 6.88. The molecular weight excluding hydrogens is 309 g/mol. The Kier molecular flexibility index (Phi) is 12.6. The highest BCUT2D eigenvalue weighted by Crippen LogP contribution is 2.22. The molecule has 0 aliphatic carbocycles. The molecule has 1 heterocycles. The highest BCUT2D eigenvalue weighted by molar-refractivity contribution is 5.85. The van der Waals surface area contributed by atoms with Crippen molar-refractivity contribution in [1.82, 2.24) is 15.6 Å². The molecule has 0 fully saturated rings. The van der Waals surface area contributed by atoms with Crippen LogP contribution in [0.25, 0.3) is 0 Å². The van der Waals surface area contributed by atoms with Gasteiger partial charge in [-0.25, -0.2) is 0 Å². The van der Waals surface area contributed by atoms with Crippen molar-refractivity contribution in [2.75, 3.05) is 20.1 Å². The van der Waals surface area contributed by atoms with Gasteiger partial charge in [0.1, 0.15) is 0 Å². The van der Waals surface area contributed by atoms with Crippen molar-refractivity contribution in [2.24, 2.45) is 11.8 Å². The van der Waals surface area contributed by atoms with Crippen molar-refractivity contribution in [3.8, 4) is 0 Å². The number of amides is 1. The van der Waals surface area contributed by atoms with E-state index >= 15 is 0 Å². The lowest BCUT2D eigenvalue weighted by atomic mass is 9.89. The number of nitrogens with one attached hydrogen (secondary N) is 2. The summed E-state index contributed by atoms with van der Waals surface area (Å²) < 4.78 is 0. The molecule has 0 radical (unpaired) electrons. The third kappa shape index (κ3) is 7.65. The number of rotatable bonds is 7. The largest absolute Gasteiger partial charge is 0.355 e. The summed E-state index contributed by atoms with van der Waals surface area (Å²) in [6.07, 6.45) is 3.66. The number of carbonyl (C=O) groups is 1. The number of hydrogen-bond acceptors (Lipinski definition) is 3. The predicted molar refractivity (Wildman–Crippen MR) is 92.4 cm³/mol. The van der Waals surface area contributed by atoms with Crippen LogP contribution in [0.15, 0.2) is 24.5 Å². The van der Waals surface area contributed by atoms with Gasteiger partial charge in [-0.3, -0.25) is 9.78 Å². The molecule has 0 saturated heterocycles. The summed E-state index contributed by atoms with van der Waals surface area (Å²) in [5.74, 6) is 0.860. The smallest absolute Gasteiger partial charge is 0.224 e. The number of pyridine rings is 1. The second kappa shape index (κ2) is 11.8. The van der Waals surface area contributed by atoms with Crippen molar-refractivity contribution in [1.29, 1.82) is 0 Å². The molecule has 0 bridgehead atoms. The molecule has 1 aromatic rings. The van der Waals surface area contributed by atoms with Gasteiger partial charge in [-0.05, 0) is 24.6 Å². The van der Waals surface area contributed by atoms with Gasteiger partial charge in [-0.2, -0.15) is 0 Å². The van der Waals surface area contributed by atoms with Crippen molar-refractivity contribution < 1.29 is 4.79 Å². The molecule has 2 atom stereocenters. The molecular formula is C15H27Cl2N3O. The minimum absolute atomic E-state index is 0. The Hall–Kier alpha value is -0.840. The average Bonchev–Trinajstić information content (AvgIpc) is 2.39. The van der Waals surface area contributed by atoms with Crippen LogP contribution < -0.4 is 10.6 Å². The van der Waals surface area contributed by atoms with Gasteiger partial charge in [0.2, 0.25) is 5.91 Å². The molecule has 0 aromatic carbocycles. The first-order chi connectivity index (χ1) is 9.06. The summed E-state index contributed by atoms with van der Waals surface area (Å²) in [5, 5.41) is 6.06. The van der Waals surface area contributed by atoms with Crippen molar-refractivity contribution in [3.05, 3.63) is 30.1 Å². The second-order valence-corrected chi connectivity index (χ2v) is 5.34. The van der Waals surface area contributed by atoms with Crippen LogP contribution in [-0.4, -0.2) is 31.0 Å². The first kappa shape index (κ1) is 22.4. The summed E-state index contributed by atoms with van der Waals surface area (Å²) in [6.45, 7) is 7.63. The average molecular weight is 336 g/mol. The maximum Gasteiger partial charge on any atom is 0.224 e. The fraction of sp³-hybridized carbons (Fsp3) is 0.600. The topological polar surface area (TPSA) is 54.0 Å². The number of carbonyl (C=O) groups excluding carboxylic acids is 1. The van der Waals surface area contributed by atoms with Gasteiger partial charge in [0, 0.05) is 37.3 Å². The molecule has 21 heavy (non-hydrogen) atoms. The maximum absolute atomic E-state index is 11.9. The minimum atomic E-state index is -0.00768. The van der Waals surface area contributed by atoms with Crippen LogP contribution in [0, 0.1) is 11.8 Å². The number of hydrogen-bond donors (Lipinski definition) is 2. The minimum Gasteiger partial charge on any atom is -0.355 e. The molecule has 1 rings (SSSR count). The van der Waals surface area contributed by atoms with Crippen LogP contribution in [0.1, 0.15) is 32.3 Å². The lowest BCUT2D eigenvalue weighted by Gasteiger charge is -2.22. The highest BCUT2D eigenvalue weighted by atomic mass is 35.5. The van der Waals surface area contributed by atoms with E-state index in [1.54, 1.807) is 6.20 Å². The molecule has 2 N–H and O–H groups in total. The van der Waals surface area contributed by atoms with Gasteiger partial charge in [-0.1, -0.05) is 26.8 Å². The number of aromatic nitrogens is 1. The molecule has 0 aliphatic rings. The standard InChI is InChI=1S/C15H25N3O.2ClH/c1-11(2)14(13-6-5-7-17-9-13)10-18-15(19)12(3)8-16-4;;/h5-7,9,11-12,14,16H,8,10H2,1-4H3,(H,18,19);2*1H. The Labute approximate surface area is 140 Å². The summed E-state index contributed by atoms with van der Waals surface area (Å²) in [7, 11) is 1.86. The summed E-state index contributed by atoms with van der Waals surface area (Å²) in [6, 6.07) is 4.01. The lowest BCUT2D eigenvalue weighted by molar-refractivity contribution is -0.124. The first-order valence-electron chi connectivity index (χ1n) is 6.88. The molecule has 2 unspecified atom stereocenters. The van der Waals surface area contributed by atoms with E-state index in [-0.39, 0.29) is 36.6 Å². The molecule has 0 saturated carbocycles. The second-order valence-electron chi connectivity index (χ2n) is 5.34. The Bertz CT molecular complexity index is 388. The van der Waals surface area contributed by atoms with E-state index in [1.807, 2.05) is 26.2 Å². The molecule has 6 heteroatoms. The quantitative estimate of drug-likeness (QED) is 0.805. The normalized spacial score (nSPS) is 12.8. The summed E-state index contributed by atoms with van der Waals surface area (Å²) in [4.78, 5) is 16.1. The van der Waals surface area contributed by atoms with Gasteiger partial charge in [0.05, 0.1) is 0 Å². The Morgan fingerprint density at radius 3 is 2.38 bits per heavy atom. The summed E-state index contributed by atoms with van der Waals surface area (Å²) in [5.41, 5.74) is 1.18. The van der Waals surface area contributed by atoms with Gasteiger partial charge < -0.3 is 10.6 Å². The fourth-order valence-corrected chi connectivity index (χ4v) is 2.12. The zero-order valence-corrected chi connectivity index (χ0v) is 14.8. The van der Waals surface area contributed by atoms with E-state index < -0.39 is 0 Å². The summed E-state index contributed by atoms with van der Waals surface area (Å²) >= 11 is 0. The fourth-order valence-electron chi connectivity index (χ4n) is 2.12. The van der Waals surface area contributed by atoms with Crippen LogP contribution in [0.5, 0.6) is 0 Å². The molecule has 1 aromatic heterocycles.